The molecule has 42 valence electrons. The molecule has 0 heterocycles. The summed E-state index contributed by atoms with van der Waals surface area (Å²) in [4.78, 5) is 3.55. The Morgan fingerprint density at radius 1 is 1.86 bits per heavy atom. The first-order chi connectivity index (χ1) is 3.27. The lowest BCUT2D eigenvalue weighted by molar-refractivity contribution is 0.685. The van der Waals surface area contributed by atoms with Crippen molar-refractivity contribution >= 4 is 17.3 Å². The smallest absolute Gasteiger partial charge is 0.114 e. The zero-order valence-corrected chi connectivity index (χ0v) is 5.16. The number of aliphatic imine (C=N–C) groups is 1. The van der Waals surface area contributed by atoms with Gasteiger partial charge in [-0.05, 0) is 0 Å². The van der Waals surface area contributed by atoms with Crippen LogP contribution < -0.4 is 4.72 Å². The second kappa shape index (κ2) is 3.80. The van der Waals surface area contributed by atoms with Gasteiger partial charge in [-0.1, -0.05) is 0 Å². The van der Waals surface area contributed by atoms with Crippen molar-refractivity contribution < 1.29 is 4.21 Å². The highest BCUT2D eigenvalue weighted by molar-refractivity contribution is 7.82. The average molecular weight is 120 g/mol. The number of hydrogen-bond acceptors (Lipinski definition) is 2. The van der Waals surface area contributed by atoms with Crippen molar-refractivity contribution in [3.63, 3.8) is 0 Å². The second-order valence-electron chi connectivity index (χ2n) is 0.959. The van der Waals surface area contributed by atoms with Gasteiger partial charge in [-0.3, -0.25) is 9.71 Å². The maximum absolute atomic E-state index is 10.1. The lowest BCUT2D eigenvalue weighted by atomic mass is 11.3. The molecule has 0 aromatic rings. The van der Waals surface area contributed by atoms with E-state index in [-0.39, 0.29) is 0 Å². The molecule has 1 unspecified atom stereocenters. The zero-order valence-electron chi connectivity index (χ0n) is 4.34. The van der Waals surface area contributed by atoms with Crippen LogP contribution in [0.15, 0.2) is 4.99 Å². The van der Waals surface area contributed by atoms with Gasteiger partial charge in [-0.25, -0.2) is 4.21 Å². The van der Waals surface area contributed by atoms with Crippen molar-refractivity contribution in [1.29, 1.82) is 0 Å². The molecule has 0 rings (SSSR count). The quantitative estimate of drug-likeness (QED) is 0.388. The highest BCUT2D eigenvalue weighted by atomic mass is 32.2. The highest BCUT2D eigenvalue weighted by Crippen LogP contribution is 1.55. The molecule has 0 amide bonds. The van der Waals surface area contributed by atoms with Crippen LogP contribution in [0.1, 0.15) is 0 Å². The van der Waals surface area contributed by atoms with E-state index in [0.29, 0.717) is 0 Å². The van der Waals surface area contributed by atoms with Crippen molar-refractivity contribution in [1.82, 2.24) is 4.72 Å². The van der Waals surface area contributed by atoms with Gasteiger partial charge < -0.3 is 0 Å². The Bertz CT molecular complexity index is 90.9. The zero-order chi connectivity index (χ0) is 5.70. The van der Waals surface area contributed by atoms with Gasteiger partial charge in [0, 0.05) is 13.3 Å². The predicted octanol–water partition coefficient (Wildman–Crippen LogP) is -0.472. The fourth-order valence-electron chi connectivity index (χ4n) is 0.127. The van der Waals surface area contributed by atoms with Crippen LogP contribution in [-0.2, 0) is 11.0 Å². The summed E-state index contributed by atoms with van der Waals surface area (Å²) in [6.45, 7) is 0. The standard InChI is InChI=1S/C3H8N2OS/c1-4-3-5-7(2)6/h3H,1-2H3,(H,4,5). The van der Waals surface area contributed by atoms with E-state index in [9.17, 15) is 4.21 Å². The molecule has 0 aromatic heterocycles. The summed E-state index contributed by atoms with van der Waals surface area (Å²) < 4.78 is 12.6. The Morgan fingerprint density at radius 3 is 2.57 bits per heavy atom. The third-order valence-electron chi connectivity index (χ3n) is 0.348. The lowest BCUT2D eigenvalue weighted by Crippen LogP contribution is -2.11. The Kier molecular flexibility index (Phi) is 3.59. The summed E-state index contributed by atoms with van der Waals surface area (Å²) in [5, 5.41) is 0. The molecule has 0 saturated heterocycles. The largest absolute Gasteiger partial charge is 0.296 e. The van der Waals surface area contributed by atoms with Gasteiger partial charge in [0.1, 0.15) is 11.0 Å². The molecule has 0 fully saturated rings. The Labute approximate surface area is 45.4 Å². The molecule has 0 aliphatic heterocycles. The summed E-state index contributed by atoms with van der Waals surface area (Å²) >= 11 is 0. The van der Waals surface area contributed by atoms with Crippen LogP contribution in [0, 0.1) is 0 Å². The molecule has 0 bridgehead atoms. The SMILES string of the molecule is CN=CNS(C)=O. The van der Waals surface area contributed by atoms with Crippen molar-refractivity contribution in [2.24, 2.45) is 4.99 Å². The number of rotatable bonds is 2. The molecular weight excluding hydrogens is 112 g/mol. The number of hydrogen-bond donors (Lipinski definition) is 1. The van der Waals surface area contributed by atoms with Crippen LogP contribution >= 0.6 is 0 Å². The first-order valence-corrected chi connectivity index (χ1v) is 3.33. The van der Waals surface area contributed by atoms with E-state index in [4.69, 9.17) is 0 Å². The minimum absolute atomic E-state index is 0.965. The molecule has 0 aromatic carbocycles. The van der Waals surface area contributed by atoms with Crippen molar-refractivity contribution in [2.45, 2.75) is 0 Å². The molecule has 0 radical (unpaired) electrons. The molecular formula is C3H8N2OS. The van der Waals surface area contributed by atoms with Crippen LogP contribution in [0.25, 0.3) is 0 Å². The molecule has 7 heavy (non-hydrogen) atoms. The monoisotopic (exact) mass is 120 g/mol. The van der Waals surface area contributed by atoms with E-state index in [2.05, 4.69) is 9.71 Å². The molecule has 0 spiro atoms. The van der Waals surface area contributed by atoms with Crippen LogP contribution in [0.4, 0.5) is 0 Å². The van der Waals surface area contributed by atoms with Crippen LogP contribution in [0.2, 0.25) is 0 Å². The van der Waals surface area contributed by atoms with Gasteiger partial charge in [-0.15, -0.1) is 0 Å². The Balaban J connectivity index is 3.14. The van der Waals surface area contributed by atoms with Gasteiger partial charge in [0.15, 0.2) is 0 Å². The van der Waals surface area contributed by atoms with E-state index in [1.165, 1.54) is 6.34 Å². The first-order valence-electron chi connectivity index (χ1n) is 1.77. The second-order valence-corrected chi connectivity index (χ2v) is 2.10. The van der Waals surface area contributed by atoms with Crippen LogP contribution in [0.3, 0.4) is 0 Å². The minimum Gasteiger partial charge on any atom is -0.296 e. The van der Waals surface area contributed by atoms with E-state index in [1.807, 2.05) is 0 Å². The fraction of sp³-hybridized carbons (Fsp3) is 0.667. The van der Waals surface area contributed by atoms with E-state index in [0.717, 1.165) is 0 Å². The van der Waals surface area contributed by atoms with Gasteiger partial charge in [0.25, 0.3) is 0 Å². The van der Waals surface area contributed by atoms with Crippen molar-refractivity contribution in [3.8, 4) is 0 Å². The predicted molar refractivity (Wildman–Crippen MR) is 31.6 cm³/mol. The molecule has 1 atom stereocenters. The molecule has 4 heteroatoms. The fourth-order valence-corrected chi connectivity index (χ4v) is 0.381. The summed E-state index contributed by atoms with van der Waals surface area (Å²) in [5.74, 6) is 0. The van der Waals surface area contributed by atoms with Crippen molar-refractivity contribution in [3.05, 3.63) is 0 Å². The van der Waals surface area contributed by atoms with Gasteiger partial charge >= 0.3 is 0 Å². The van der Waals surface area contributed by atoms with Crippen LogP contribution in [0.5, 0.6) is 0 Å². The Morgan fingerprint density at radius 2 is 2.43 bits per heavy atom. The van der Waals surface area contributed by atoms with E-state index < -0.39 is 11.0 Å². The third-order valence-corrected chi connectivity index (χ3v) is 0.785. The summed E-state index contributed by atoms with van der Waals surface area (Å²) in [6, 6.07) is 0. The summed E-state index contributed by atoms with van der Waals surface area (Å²) in [7, 11) is 0.646. The lowest BCUT2D eigenvalue weighted by Gasteiger charge is -1.86. The maximum Gasteiger partial charge on any atom is 0.114 e. The highest BCUT2D eigenvalue weighted by Gasteiger charge is 1.74. The number of nitrogens with zero attached hydrogens (tertiary/aromatic N) is 1. The van der Waals surface area contributed by atoms with E-state index in [1.54, 1.807) is 13.3 Å². The molecule has 0 saturated carbocycles. The molecule has 0 aliphatic rings. The molecule has 0 aliphatic carbocycles. The first kappa shape index (κ1) is 6.62. The summed E-state index contributed by atoms with van der Waals surface area (Å²) in [6.07, 6.45) is 2.94. The Hall–Kier alpha value is -0.380. The average Bonchev–Trinajstić information content (AvgIpc) is 1.61. The summed E-state index contributed by atoms with van der Waals surface area (Å²) in [5.41, 5.74) is 0. The van der Waals surface area contributed by atoms with Gasteiger partial charge in [0.2, 0.25) is 0 Å². The third kappa shape index (κ3) is 5.62. The number of nitrogens with one attached hydrogen (secondary N) is 1. The topological polar surface area (TPSA) is 41.5 Å². The van der Waals surface area contributed by atoms with Gasteiger partial charge in [0.05, 0.1) is 6.34 Å². The minimum atomic E-state index is -0.965. The normalized spacial score (nSPS) is 14.6. The van der Waals surface area contributed by atoms with E-state index >= 15 is 0 Å². The molecule has 3 nitrogen and oxygen atoms in total. The molecule has 1 N–H and O–H groups in total. The maximum atomic E-state index is 10.1. The van der Waals surface area contributed by atoms with Gasteiger partial charge in [-0.2, -0.15) is 0 Å². The van der Waals surface area contributed by atoms with Crippen molar-refractivity contribution in [2.75, 3.05) is 13.3 Å². The van der Waals surface area contributed by atoms with Crippen LogP contribution in [-0.4, -0.2) is 23.9 Å².